The maximum Gasteiger partial charge on any atom is 0.238 e. The summed E-state index contributed by atoms with van der Waals surface area (Å²) in [5.74, 6) is -0.00999. The largest absolute Gasteiger partial charge is 0.325 e. The van der Waals surface area contributed by atoms with Gasteiger partial charge in [0.15, 0.2) is 0 Å². The number of carbonyl (C=O) groups is 1. The average molecular weight is 282 g/mol. The van der Waals surface area contributed by atoms with Gasteiger partial charge < -0.3 is 10.6 Å². The summed E-state index contributed by atoms with van der Waals surface area (Å²) in [5, 5.41) is 6.19. The second kappa shape index (κ2) is 7.60. The number of nitrogens with one attached hydrogen (secondary N) is 2. The van der Waals surface area contributed by atoms with Crippen molar-refractivity contribution in [3.05, 3.63) is 65.7 Å². The van der Waals surface area contributed by atoms with Gasteiger partial charge in [0.2, 0.25) is 5.91 Å². The fourth-order valence-corrected chi connectivity index (χ4v) is 2.21. The molecule has 0 spiro atoms. The van der Waals surface area contributed by atoms with E-state index in [1.165, 1.54) is 5.56 Å². The van der Waals surface area contributed by atoms with Crippen LogP contribution in [-0.4, -0.2) is 18.5 Å². The van der Waals surface area contributed by atoms with E-state index in [4.69, 9.17) is 0 Å². The molecule has 2 aromatic rings. The van der Waals surface area contributed by atoms with Crippen molar-refractivity contribution in [1.82, 2.24) is 5.32 Å². The highest BCUT2D eigenvalue weighted by Gasteiger charge is 2.07. The Kier molecular flexibility index (Phi) is 5.52. The highest BCUT2D eigenvalue weighted by Crippen LogP contribution is 2.12. The van der Waals surface area contributed by atoms with Crippen LogP contribution in [0.1, 0.15) is 18.1 Å². The van der Waals surface area contributed by atoms with E-state index in [1.807, 2.05) is 49.4 Å². The van der Waals surface area contributed by atoms with E-state index in [2.05, 4.69) is 29.7 Å². The lowest BCUT2D eigenvalue weighted by Crippen LogP contribution is -2.35. The van der Waals surface area contributed by atoms with Crippen molar-refractivity contribution in [2.75, 3.05) is 11.9 Å². The summed E-state index contributed by atoms with van der Waals surface area (Å²) in [6.45, 7) is 4.40. The molecule has 0 aromatic heterocycles. The van der Waals surface area contributed by atoms with Crippen LogP contribution in [0.15, 0.2) is 54.6 Å². The molecular formula is C18H22N2O. The van der Waals surface area contributed by atoms with Crippen molar-refractivity contribution in [2.24, 2.45) is 0 Å². The van der Waals surface area contributed by atoms with Gasteiger partial charge in [-0.1, -0.05) is 48.5 Å². The third kappa shape index (κ3) is 5.04. The van der Waals surface area contributed by atoms with Gasteiger partial charge >= 0.3 is 0 Å². The van der Waals surface area contributed by atoms with Gasteiger partial charge in [0.05, 0.1) is 6.54 Å². The molecule has 0 saturated carbocycles. The molecule has 110 valence electrons. The lowest BCUT2D eigenvalue weighted by atomic mass is 10.1. The van der Waals surface area contributed by atoms with E-state index in [0.29, 0.717) is 6.54 Å². The number of benzene rings is 2. The minimum atomic E-state index is -0.00999. The second-order valence-electron chi connectivity index (χ2n) is 5.33. The minimum Gasteiger partial charge on any atom is -0.325 e. The first-order chi connectivity index (χ1) is 10.1. The summed E-state index contributed by atoms with van der Waals surface area (Å²) < 4.78 is 0. The van der Waals surface area contributed by atoms with E-state index in [1.54, 1.807) is 0 Å². The maximum absolute atomic E-state index is 11.9. The lowest BCUT2D eigenvalue weighted by Gasteiger charge is -2.14. The zero-order valence-electron chi connectivity index (χ0n) is 12.6. The third-order valence-corrected chi connectivity index (χ3v) is 3.41. The molecule has 1 unspecified atom stereocenters. The van der Waals surface area contributed by atoms with E-state index >= 15 is 0 Å². The Morgan fingerprint density at radius 3 is 2.43 bits per heavy atom. The standard InChI is InChI=1S/C18H22N2O/c1-14-8-6-7-11-17(14)20-18(21)13-19-15(2)12-16-9-4-3-5-10-16/h3-11,15,19H,12-13H2,1-2H3,(H,20,21). The molecule has 0 heterocycles. The van der Waals surface area contributed by atoms with Crippen LogP contribution in [0, 0.1) is 6.92 Å². The SMILES string of the molecule is Cc1ccccc1NC(=O)CNC(C)Cc1ccccc1. The van der Waals surface area contributed by atoms with Gasteiger partial charge in [-0.05, 0) is 37.5 Å². The molecule has 1 atom stereocenters. The number of para-hydroxylation sites is 1. The highest BCUT2D eigenvalue weighted by molar-refractivity contribution is 5.92. The fraction of sp³-hybridized carbons (Fsp3) is 0.278. The Morgan fingerprint density at radius 2 is 1.71 bits per heavy atom. The molecule has 2 aromatic carbocycles. The van der Waals surface area contributed by atoms with Crippen molar-refractivity contribution < 1.29 is 4.79 Å². The molecule has 2 rings (SSSR count). The number of anilines is 1. The number of hydrogen-bond donors (Lipinski definition) is 2. The molecule has 0 aliphatic heterocycles. The number of hydrogen-bond acceptors (Lipinski definition) is 2. The van der Waals surface area contributed by atoms with Crippen molar-refractivity contribution in [2.45, 2.75) is 26.3 Å². The number of aryl methyl sites for hydroxylation is 1. The predicted molar refractivity (Wildman–Crippen MR) is 87.4 cm³/mol. The molecule has 21 heavy (non-hydrogen) atoms. The Labute approximate surface area is 126 Å². The molecular weight excluding hydrogens is 260 g/mol. The first kappa shape index (κ1) is 15.3. The van der Waals surface area contributed by atoms with Crippen LogP contribution in [0.4, 0.5) is 5.69 Å². The van der Waals surface area contributed by atoms with Gasteiger partial charge in [-0.2, -0.15) is 0 Å². The normalized spacial score (nSPS) is 11.9. The lowest BCUT2D eigenvalue weighted by molar-refractivity contribution is -0.115. The van der Waals surface area contributed by atoms with Crippen LogP contribution >= 0.6 is 0 Å². The average Bonchev–Trinajstić information content (AvgIpc) is 2.49. The van der Waals surface area contributed by atoms with Gasteiger partial charge in [0.25, 0.3) is 0 Å². The molecule has 0 fully saturated rings. The summed E-state index contributed by atoms with van der Waals surface area (Å²) in [7, 11) is 0. The Morgan fingerprint density at radius 1 is 1.05 bits per heavy atom. The van der Waals surface area contributed by atoms with E-state index in [9.17, 15) is 4.79 Å². The molecule has 0 aliphatic rings. The van der Waals surface area contributed by atoms with E-state index in [0.717, 1.165) is 17.7 Å². The smallest absolute Gasteiger partial charge is 0.238 e. The predicted octanol–water partition coefficient (Wildman–Crippen LogP) is 3.15. The van der Waals surface area contributed by atoms with E-state index < -0.39 is 0 Å². The van der Waals surface area contributed by atoms with Crippen LogP contribution in [0.5, 0.6) is 0 Å². The summed E-state index contributed by atoms with van der Waals surface area (Å²) in [4.78, 5) is 11.9. The number of rotatable bonds is 6. The topological polar surface area (TPSA) is 41.1 Å². The first-order valence-electron chi connectivity index (χ1n) is 7.28. The molecule has 1 amide bonds. The Bertz CT molecular complexity index is 581. The van der Waals surface area contributed by atoms with Crippen molar-refractivity contribution >= 4 is 11.6 Å². The van der Waals surface area contributed by atoms with Crippen molar-refractivity contribution in [1.29, 1.82) is 0 Å². The van der Waals surface area contributed by atoms with Crippen LogP contribution < -0.4 is 10.6 Å². The summed E-state index contributed by atoms with van der Waals surface area (Å²) in [5.41, 5.74) is 3.22. The zero-order chi connectivity index (χ0) is 15.1. The molecule has 3 nitrogen and oxygen atoms in total. The van der Waals surface area contributed by atoms with Crippen molar-refractivity contribution in [3.8, 4) is 0 Å². The van der Waals surface area contributed by atoms with Crippen molar-refractivity contribution in [3.63, 3.8) is 0 Å². The highest BCUT2D eigenvalue weighted by atomic mass is 16.1. The van der Waals surface area contributed by atoms with Gasteiger partial charge in [0.1, 0.15) is 0 Å². The van der Waals surface area contributed by atoms with Crippen LogP contribution in [0.2, 0.25) is 0 Å². The Hall–Kier alpha value is -2.13. The monoisotopic (exact) mass is 282 g/mol. The van der Waals surface area contributed by atoms with E-state index in [-0.39, 0.29) is 11.9 Å². The minimum absolute atomic E-state index is 0.00999. The molecule has 0 radical (unpaired) electrons. The number of amides is 1. The van der Waals surface area contributed by atoms with Crippen LogP contribution in [0.3, 0.4) is 0 Å². The van der Waals surface area contributed by atoms with Gasteiger partial charge in [0, 0.05) is 11.7 Å². The zero-order valence-corrected chi connectivity index (χ0v) is 12.6. The first-order valence-corrected chi connectivity index (χ1v) is 7.28. The Balaban J connectivity index is 1.77. The van der Waals surface area contributed by atoms with Gasteiger partial charge in [-0.3, -0.25) is 4.79 Å². The second-order valence-corrected chi connectivity index (χ2v) is 5.33. The molecule has 2 N–H and O–H groups in total. The van der Waals surface area contributed by atoms with Gasteiger partial charge in [-0.15, -0.1) is 0 Å². The van der Waals surface area contributed by atoms with Crippen LogP contribution in [0.25, 0.3) is 0 Å². The molecule has 3 heteroatoms. The van der Waals surface area contributed by atoms with Crippen LogP contribution in [-0.2, 0) is 11.2 Å². The third-order valence-electron chi connectivity index (χ3n) is 3.41. The maximum atomic E-state index is 11.9. The molecule has 0 saturated heterocycles. The summed E-state index contributed by atoms with van der Waals surface area (Å²) in [6.07, 6.45) is 0.915. The van der Waals surface area contributed by atoms with Gasteiger partial charge in [-0.25, -0.2) is 0 Å². The summed E-state index contributed by atoms with van der Waals surface area (Å²) in [6, 6.07) is 18.3. The fourth-order valence-electron chi connectivity index (χ4n) is 2.21. The molecule has 0 aliphatic carbocycles. The molecule has 0 bridgehead atoms. The number of carbonyl (C=O) groups excluding carboxylic acids is 1. The quantitative estimate of drug-likeness (QED) is 0.854. The summed E-state index contributed by atoms with van der Waals surface area (Å²) >= 11 is 0.